The number of carbonyl (C=O) groups is 2. The van der Waals surface area contributed by atoms with Crippen molar-refractivity contribution in [2.45, 2.75) is 37.0 Å². The quantitative estimate of drug-likeness (QED) is 0.462. The summed E-state index contributed by atoms with van der Waals surface area (Å²) in [5.41, 5.74) is 3.12. The predicted octanol–water partition coefficient (Wildman–Crippen LogP) is 4.33. The Hall–Kier alpha value is -2.30. The number of benzene rings is 1. The van der Waals surface area contributed by atoms with E-state index in [1.807, 2.05) is 35.6 Å². The summed E-state index contributed by atoms with van der Waals surface area (Å²) in [5, 5.41) is 11.2. The van der Waals surface area contributed by atoms with Gasteiger partial charge in [0.2, 0.25) is 11.0 Å². The van der Waals surface area contributed by atoms with Gasteiger partial charge in [0.05, 0.1) is 11.4 Å². The summed E-state index contributed by atoms with van der Waals surface area (Å²) in [4.78, 5) is 35.0. The van der Waals surface area contributed by atoms with Crippen LogP contribution < -0.4 is 4.90 Å². The second kappa shape index (κ2) is 10.5. The molecule has 4 rings (SSSR count). The third-order valence-electron chi connectivity index (χ3n) is 5.59. The summed E-state index contributed by atoms with van der Waals surface area (Å²) in [6.45, 7) is 3.88. The largest absolute Gasteiger partial charge is 0.342 e. The van der Waals surface area contributed by atoms with Gasteiger partial charge in [0.15, 0.2) is 0 Å². The Bertz CT molecular complexity index is 1040. The van der Waals surface area contributed by atoms with E-state index in [9.17, 15) is 9.59 Å². The van der Waals surface area contributed by atoms with Crippen LogP contribution >= 0.6 is 34.4 Å². The lowest BCUT2D eigenvalue weighted by Gasteiger charge is -2.31. The first kappa shape index (κ1) is 22.9. The average Bonchev–Trinajstić information content (AvgIpc) is 3.53. The molecule has 168 valence electrons. The van der Waals surface area contributed by atoms with E-state index in [-0.39, 0.29) is 17.7 Å². The smallest absolute Gasteiger partial charge is 0.279 e. The Morgan fingerprint density at radius 2 is 1.94 bits per heavy atom. The molecule has 1 aliphatic rings. The van der Waals surface area contributed by atoms with Crippen LogP contribution in [0.15, 0.2) is 40.1 Å². The molecule has 0 unspecified atom stereocenters. The van der Waals surface area contributed by atoms with Crippen molar-refractivity contribution >= 4 is 51.4 Å². The number of likely N-dealkylation sites (tertiary alicyclic amines) is 1. The number of hydrogen-bond donors (Lipinski definition) is 0. The van der Waals surface area contributed by atoms with Crippen molar-refractivity contribution < 1.29 is 9.59 Å². The Balaban J connectivity index is 1.33. The fourth-order valence-electron chi connectivity index (χ4n) is 3.77. The summed E-state index contributed by atoms with van der Waals surface area (Å²) in [7, 11) is 0. The number of piperidine rings is 1. The number of rotatable bonds is 7. The van der Waals surface area contributed by atoms with Crippen molar-refractivity contribution in [1.82, 2.24) is 20.1 Å². The van der Waals surface area contributed by atoms with Crippen LogP contribution in [-0.2, 0) is 11.2 Å². The fraction of sp³-hybridized carbons (Fsp3) is 0.409. The van der Waals surface area contributed by atoms with E-state index in [2.05, 4.69) is 27.3 Å². The molecule has 7 nitrogen and oxygen atoms in total. The highest BCUT2D eigenvalue weighted by Crippen LogP contribution is 2.31. The Morgan fingerprint density at radius 1 is 1.19 bits per heavy atom. The molecule has 0 saturated carbocycles. The highest BCUT2D eigenvalue weighted by molar-refractivity contribution is 7.98. The van der Waals surface area contributed by atoms with Gasteiger partial charge in [-0.15, -0.1) is 33.3 Å². The molecule has 0 radical (unpaired) electrons. The molecule has 32 heavy (non-hydrogen) atoms. The van der Waals surface area contributed by atoms with Gasteiger partial charge in [-0.2, -0.15) is 0 Å². The molecule has 1 aliphatic heterocycles. The topological polar surface area (TPSA) is 79.3 Å². The number of aromatic nitrogens is 3. The summed E-state index contributed by atoms with van der Waals surface area (Å²) in [5.74, 6) is 0.306. The monoisotopic (exact) mass is 487 g/mol. The molecule has 2 amide bonds. The van der Waals surface area contributed by atoms with Crippen molar-refractivity contribution in [2.24, 2.45) is 0 Å². The zero-order valence-electron chi connectivity index (χ0n) is 18.1. The van der Waals surface area contributed by atoms with Gasteiger partial charge >= 0.3 is 0 Å². The lowest BCUT2D eigenvalue weighted by molar-refractivity contribution is -0.131. The third-order valence-corrected chi connectivity index (χ3v) is 8.06. The van der Waals surface area contributed by atoms with Gasteiger partial charge in [-0.1, -0.05) is 23.5 Å². The second-order valence-corrected chi connectivity index (χ2v) is 10.1. The van der Waals surface area contributed by atoms with E-state index in [4.69, 9.17) is 0 Å². The minimum atomic E-state index is -0.146. The molecular weight excluding hydrogens is 462 g/mol. The van der Waals surface area contributed by atoms with Gasteiger partial charge in [0.1, 0.15) is 11.2 Å². The molecule has 0 N–H and O–H groups in total. The number of thioether (sulfide) groups is 1. The van der Waals surface area contributed by atoms with Crippen molar-refractivity contribution in [3.8, 4) is 0 Å². The number of anilines is 1. The zero-order valence-corrected chi connectivity index (χ0v) is 20.5. The number of amides is 2. The van der Waals surface area contributed by atoms with Gasteiger partial charge in [-0.3, -0.25) is 14.5 Å². The molecule has 0 atom stereocenters. The first-order valence-corrected chi connectivity index (χ1v) is 13.5. The predicted molar refractivity (Wildman–Crippen MR) is 130 cm³/mol. The van der Waals surface area contributed by atoms with E-state index in [1.165, 1.54) is 27.6 Å². The van der Waals surface area contributed by atoms with Crippen LogP contribution in [0.3, 0.4) is 0 Å². The number of carbonyl (C=O) groups excluding carboxylic acids is 2. The van der Waals surface area contributed by atoms with Gasteiger partial charge in [-0.05, 0) is 43.7 Å². The van der Waals surface area contributed by atoms with Crippen molar-refractivity contribution in [2.75, 3.05) is 30.8 Å². The summed E-state index contributed by atoms with van der Waals surface area (Å²) >= 11 is 4.57. The third kappa shape index (κ3) is 5.19. The maximum Gasteiger partial charge on any atom is 0.279 e. The maximum atomic E-state index is 12.9. The van der Waals surface area contributed by atoms with Crippen molar-refractivity contribution in [1.29, 1.82) is 0 Å². The summed E-state index contributed by atoms with van der Waals surface area (Å²) < 4.78 is 0. The van der Waals surface area contributed by atoms with E-state index in [1.54, 1.807) is 22.2 Å². The van der Waals surface area contributed by atoms with E-state index in [0.717, 1.165) is 36.5 Å². The molecule has 0 spiro atoms. The van der Waals surface area contributed by atoms with Gasteiger partial charge < -0.3 is 4.90 Å². The normalized spacial score (nSPS) is 14.5. The fourth-order valence-corrected chi connectivity index (χ4v) is 5.76. The van der Waals surface area contributed by atoms with E-state index < -0.39 is 0 Å². The van der Waals surface area contributed by atoms with Gasteiger partial charge in [-0.25, -0.2) is 4.98 Å². The van der Waals surface area contributed by atoms with Crippen LogP contribution in [0.2, 0.25) is 0 Å². The van der Waals surface area contributed by atoms with E-state index in [0.29, 0.717) is 23.8 Å². The maximum absolute atomic E-state index is 12.9. The van der Waals surface area contributed by atoms with Crippen molar-refractivity contribution in [3.63, 3.8) is 0 Å². The molecule has 10 heteroatoms. The van der Waals surface area contributed by atoms with Crippen LogP contribution in [0, 0.1) is 0 Å². The number of thiazole rings is 1. The lowest BCUT2D eigenvalue weighted by Crippen LogP contribution is -2.38. The van der Waals surface area contributed by atoms with Gasteiger partial charge in [0.25, 0.3) is 5.91 Å². The summed E-state index contributed by atoms with van der Waals surface area (Å²) in [6.07, 6.45) is 4.22. The Morgan fingerprint density at radius 3 is 2.56 bits per heavy atom. The SMILES string of the molecule is CCN(C(=O)c1csc(C2CCN(C(=O)Cc3ccc(SC)cc3)CC2)n1)c1nncs1. The van der Waals surface area contributed by atoms with Crippen LogP contribution in [0.25, 0.3) is 0 Å². The summed E-state index contributed by atoms with van der Waals surface area (Å²) in [6, 6.07) is 8.19. The standard InChI is InChI=1S/C22H25N5O2S3/c1-3-27(22-25-23-14-32-22)21(29)18-13-31-20(24-18)16-8-10-26(11-9-16)19(28)12-15-4-6-17(30-2)7-5-15/h4-7,13-14,16H,3,8-12H2,1-2H3. The van der Waals surface area contributed by atoms with Crippen molar-refractivity contribution in [3.05, 3.63) is 51.4 Å². The molecule has 1 fully saturated rings. The highest BCUT2D eigenvalue weighted by atomic mass is 32.2. The lowest BCUT2D eigenvalue weighted by atomic mass is 9.97. The molecule has 2 aromatic heterocycles. The van der Waals surface area contributed by atoms with Crippen LogP contribution in [-0.4, -0.2) is 57.8 Å². The minimum absolute atomic E-state index is 0.146. The Labute approximate surface area is 199 Å². The molecule has 3 aromatic rings. The minimum Gasteiger partial charge on any atom is -0.342 e. The highest BCUT2D eigenvalue weighted by Gasteiger charge is 2.27. The second-order valence-electron chi connectivity index (χ2n) is 7.52. The Kier molecular flexibility index (Phi) is 7.54. The zero-order chi connectivity index (χ0) is 22.5. The number of hydrogen-bond acceptors (Lipinski definition) is 8. The first-order valence-electron chi connectivity index (χ1n) is 10.5. The first-order chi connectivity index (χ1) is 15.6. The van der Waals surface area contributed by atoms with Crippen LogP contribution in [0.5, 0.6) is 0 Å². The average molecular weight is 488 g/mol. The van der Waals surface area contributed by atoms with Crippen LogP contribution in [0.1, 0.15) is 46.7 Å². The molecule has 1 aromatic carbocycles. The van der Waals surface area contributed by atoms with Crippen LogP contribution in [0.4, 0.5) is 5.13 Å². The van der Waals surface area contributed by atoms with Gasteiger partial charge in [0, 0.05) is 35.8 Å². The molecule has 1 saturated heterocycles. The molecular formula is C22H25N5O2S3. The molecule has 3 heterocycles. The molecule has 0 bridgehead atoms. The number of nitrogens with zero attached hydrogens (tertiary/aromatic N) is 5. The van der Waals surface area contributed by atoms with E-state index >= 15 is 0 Å². The molecule has 0 aliphatic carbocycles.